The first-order chi connectivity index (χ1) is 17.4. The summed E-state index contributed by atoms with van der Waals surface area (Å²) in [6.07, 6.45) is 0. The Morgan fingerprint density at radius 1 is 0.972 bits per heavy atom. The van der Waals surface area contributed by atoms with Crippen molar-refractivity contribution in [3.8, 4) is 11.5 Å². The Morgan fingerprint density at radius 3 is 2.36 bits per heavy atom. The molecule has 3 rings (SSSR count). The fraction of sp³-hybridized carbons (Fsp3) is 0.370. The van der Waals surface area contributed by atoms with E-state index >= 15 is 0 Å². The van der Waals surface area contributed by atoms with Gasteiger partial charge in [-0.2, -0.15) is 0 Å². The zero-order valence-corrected chi connectivity index (χ0v) is 21.1. The summed E-state index contributed by atoms with van der Waals surface area (Å²) in [6.45, 7) is 8.85. The van der Waals surface area contributed by atoms with Crippen molar-refractivity contribution >= 4 is 17.9 Å². The minimum Gasteiger partial charge on any atom is -0.490 e. The van der Waals surface area contributed by atoms with E-state index in [9.17, 15) is 14.4 Å². The van der Waals surface area contributed by atoms with E-state index in [2.05, 4.69) is 10.6 Å². The highest BCUT2D eigenvalue weighted by Crippen LogP contribution is 2.35. The maximum Gasteiger partial charge on any atom is 0.338 e. The zero-order valence-electron chi connectivity index (χ0n) is 21.1. The van der Waals surface area contributed by atoms with Gasteiger partial charge in [0.1, 0.15) is 6.61 Å². The number of carbonyl (C=O) groups is 3. The number of allylic oxidation sites excluding steroid dienone is 1. The van der Waals surface area contributed by atoms with E-state index in [4.69, 9.17) is 14.2 Å². The number of benzene rings is 2. The van der Waals surface area contributed by atoms with Crippen LogP contribution in [0.1, 0.15) is 44.9 Å². The third kappa shape index (κ3) is 6.56. The molecule has 9 nitrogen and oxygen atoms in total. The lowest BCUT2D eigenvalue weighted by molar-refractivity contribution is -0.140. The van der Waals surface area contributed by atoms with Crippen molar-refractivity contribution in [2.45, 2.75) is 40.3 Å². The molecule has 2 N–H and O–H groups in total. The van der Waals surface area contributed by atoms with Crippen molar-refractivity contribution in [2.24, 2.45) is 0 Å². The Balaban J connectivity index is 1.84. The van der Waals surface area contributed by atoms with Gasteiger partial charge in [0, 0.05) is 18.8 Å². The molecule has 192 valence electrons. The van der Waals surface area contributed by atoms with E-state index in [-0.39, 0.29) is 19.1 Å². The molecule has 0 aliphatic carbocycles. The summed E-state index contributed by atoms with van der Waals surface area (Å²) in [5.41, 5.74) is 2.16. The smallest absolute Gasteiger partial charge is 0.338 e. The molecule has 0 fully saturated rings. The highest BCUT2D eigenvalue weighted by molar-refractivity contribution is 5.95. The Bertz CT molecular complexity index is 1110. The van der Waals surface area contributed by atoms with Crippen molar-refractivity contribution < 1.29 is 28.6 Å². The summed E-state index contributed by atoms with van der Waals surface area (Å²) < 4.78 is 17.1. The molecule has 0 saturated heterocycles. The molecule has 2 aromatic rings. The number of hydrogen-bond acceptors (Lipinski definition) is 6. The molecule has 3 amide bonds. The molecular weight excluding hydrogens is 462 g/mol. The van der Waals surface area contributed by atoms with Gasteiger partial charge in [0.15, 0.2) is 18.1 Å². The van der Waals surface area contributed by atoms with Gasteiger partial charge >= 0.3 is 12.0 Å². The van der Waals surface area contributed by atoms with Crippen LogP contribution in [0.15, 0.2) is 59.8 Å². The van der Waals surface area contributed by atoms with E-state index in [0.717, 1.165) is 5.56 Å². The normalized spacial score (nSPS) is 15.0. The second-order valence-electron chi connectivity index (χ2n) is 8.13. The number of rotatable bonds is 11. The van der Waals surface area contributed by atoms with Gasteiger partial charge in [0.2, 0.25) is 0 Å². The lowest BCUT2D eigenvalue weighted by Crippen LogP contribution is -2.45. The summed E-state index contributed by atoms with van der Waals surface area (Å²) >= 11 is 0. The fourth-order valence-electron chi connectivity index (χ4n) is 3.91. The monoisotopic (exact) mass is 495 g/mol. The molecule has 1 aliphatic heterocycles. The largest absolute Gasteiger partial charge is 0.490 e. The van der Waals surface area contributed by atoms with Crippen molar-refractivity contribution in [3.05, 3.63) is 70.9 Å². The predicted molar refractivity (Wildman–Crippen MR) is 134 cm³/mol. The lowest BCUT2D eigenvalue weighted by Gasteiger charge is -2.28. The maximum atomic E-state index is 13.1. The van der Waals surface area contributed by atoms with Gasteiger partial charge in [-0.05, 0) is 51.0 Å². The number of nitrogens with zero attached hydrogens (tertiary/aromatic N) is 1. The molecule has 0 bridgehead atoms. The molecule has 1 heterocycles. The van der Waals surface area contributed by atoms with Crippen molar-refractivity contribution in [2.75, 3.05) is 26.3 Å². The number of hydrogen-bond donors (Lipinski definition) is 2. The minimum atomic E-state index is -0.757. The molecule has 0 spiro atoms. The van der Waals surface area contributed by atoms with Gasteiger partial charge in [-0.1, -0.05) is 36.4 Å². The van der Waals surface area contributed by atoms with Gasteiger partial charge in [-0.25, -0.2) is 9.59 Å². The van der Waals surface area contributed by atoms with Crippen LogP contribution < -0.4 is 20.1 Å². The van der Waals surface area contributed by atoms with Crippen LogP contribution in [0.4, 0.5) is 4.79 Å². The standard InChI is InChI=1S/C27H33N3O6/c1-5-30(6-2)23(31)17-35-21-14-13-20(15-22(21)34-7-3)25-24(18(4)28-27(33)29-25)26(32)36-16-19-11-9-8-10-12-19/h8-15,25H,5-7,16-17H2,1-4H3,(H2,28,29,33). The second-order valence-corrected chi connectivity index (χ2v) is 8.13. The molecule has 0 radical (unpaired) electrons. The van der Waals surface area contributed by atoms with Crippen LogP contribution in [-0.2, 0) is 20.9 Å². The molecule has 0 aromatic heterocycles. The summed E-state index contributed by atoms with van der Waals surface area (Å²) in [5.74, 6) is 0.135. The molecule has 2 aromatic carbocycles. The van der Waals surface area contributed by atoms with Gasteiger partial charge in [0.25, 0.3) is 5.91 Å². The Hall–Kier alpha value is -4.01. The number of amides is 3. The highest BCUT2D eigenvalue weighted by atomic mass is 16.5. The van der Waals surface area contributed by atoms with Gasteiger partial charge in [-0.3, -0.25) is 4.79 Å². The molecule has 36 heavy (non-hydrogen) atoms. The van der Waals surface area contributed by atoms with Crippen LogP contribution in [0.25, 0.3) is 0 Å². The quantitative estimate of drug-likeness (QED) is 0.461. The molecule has 1 unspecified atom stereocenters. The van der Waals surface area contributed by atoms with E-state index < -0.39 is 18.0 Å². The maximum absolute atomic E-state index is 13.1. The summed E-state index contributed by atoms with van der Waals surface area (Å²) in [5, 5.41) is 5.44. The van der Waals surface area contributed by atoms with Crippen molar-refractivity contribution in [1.82, 2.24) is 15.5 Å². The van der Waals surface area contributed by atoms with Crippen molar-refractivity contribution in [1.29, 1.82) is 0 Å². The molecule has 1 aliphatic rings. The summed E-state index contributed by atoms with van der Waals surface area (Å²) in [4.78, 5) is 39.4. The molecule has 1 atom stereocenters. The molecule has 9 heteroatoms. The van der Waals surface area contributed by atoms with E-state index in [0.29, 0.717) is 48.0 Å². The number of urea groups is 1. The number of ether oxygens (including phenoxy) is 3. The predicted octanol–water partition coefficient (Wildman–Crippen LogP) is 3.70. The Morgan fingerprint density at radius 2 is 1.69 bits per heavy atom. The third-order valence-electron chi connectivity index (χ3n) is 5.77. The fourth-order valence-corrected chi connectivity index (χ4v) is 3.91. The van der Waals surface area contributed by atoms with Crippen LogP contribution in [0.2, 0.25) is 0 Å². The molecule has 0 saturated carbocycles. The van der Waals surface area contributed by atoms with Crippen LogP contribution in [0.3, 0.4) is 0 Å². The zero-order chi connectivity index (χ0) is 26.1. The van der Waals surface area contributed by atoms with E-state index in [1.54, 1.807) is 30.0 Å². The summed E-state index contributed by atoms with van der Waals surface area (Å²) in [7, 11) is 0. The van der Waals surface area contributed by atoms with Crippen LogP contribution >= 0.6 is 0 Å². The van der Waals surface area contributed by atoms with Crippen LogP contribution in [0.5, 0.6) is 11.5 Å². The summed E-state index contributed by atoms with van der Waals surface area (Å²) in [6, 6.07) is 13.3. The number of nitrogens with one attached hydrogen (secondary N) is 2. The SMILES string of the molecule is CCOc1cc(C2NC(=O)NC(C)=C2C(=O)OCc2ccccc2)ccc1OCC(=O)N(CC)CC. The number of esters is 1. The first kappa shape index (κ1) is 26.6. The lowest BCUT2D eigenvalue weighted by atomic mass is 9.95. The first-order valence-corrected chi connectivity index (χ1v) is 12.0. The average Bonchev–Trinajstić information content (AvgIpc) is 2.87. The average molecular weight is 496 g/mol. The third-order valence-corrected chi connectivity index (χ3v) is 5.77. The Labute approximate surface area is 211 Å². The number of likely N-dealkylation sites (N-methyl/N-ethyl adjacent to an activating group) is 1. The van der Waals surface area contributed by atoms with Gasteiger partial charge in [0.05, 0.1) is 18.2 Å². The Kier molecular flexibility index (Phi) is 9.32. The first-order valence-electron chi connectivity index (χ1n) is 12.0. The second kappa shape index (κ2) is 12.6. The van der Waals surface area contributed by atoms with E-state index in [1.165, 1.54) is 0 Å². The van der Waals surface area contributed by atoms with E-state index in [1.807, 2.05) is 51.1 Å². The van der Waals surface area contributed by atoms with Gasteiger partial charge in [-0.15, -0.1) is 0 Å². The van der Waals surface area contributed by atoms with Crippen LogP contribution in [0, 0.1) is 0 Å². The molecular formula is C27H33N3O6. The topological polar surface area (TPSA) is 106 Å². The van der Waals surface area contributed by atoms with Crippen molar-refractivity contribution in [3.63, 3.8) is 0 Å². The highest BCUT2D eigenvalue weighted by Gasteiger charge is 2.33. The van der Waals surface area contributed by atoms with Gasteiger partial charge < -0.3 is 29.7 Å². The van der Waals surface area contributed by atoms with Crippen LogP contribution in [-0.4, -0.2) is 49.1 Å². The minimum absolute atomic E-state index is 0.106. The number of carbonyl (C=O) groups excluding carboxylic acids is 3.